The number of nitrogens with one attached hydrogen (secondary N) is 1. The van der Waals surface area contributed by atoms with Gasteiger partial charge in [-0.15, -0.1) is 0 Å². The monoisotopic (exact) mass is 231 g/mol. The van der Waals surface area contributed by atoms with Crippen LogP contribution in [0.2, 0.25) is 0 Å². The van der Waals surface area contributed by atoms with Gasteiger partial charge in [-0.05, 0) is 12.0 Å². The van der Waals surface area contributed by atoms with E-state index in [0.29, 0.717) is 11.7 Å². The zero-order chi connectivity index (χ0) is 12.4. The molecule has 0 unspecified atom stereocenters. The van der Waals surface area contributed by atoms with Gasteiger partial charge in [-0.1, -0.05) is 13.8 Å². The Morgan fingerprint density at radius 1 is 1.29 bits per heavy atom. The topological polar surface area (TPSA) is 55.6 Å². The first kappa shape index (κ1) is 11.6. The van der Waals surface area contributed by atoms with Crippen molar-refractivity contribution >= 4 is 5.82 Å². The van der Waals surface area contributed by atoms with Gasteiger partial charge in [0, 0.05) is 32.1 Å². The number of aryl methyl sites for hydroxylation is 1. The lowest BCUT2D eigenvalue weighted by Crippen LogP contribution is -2.02. The summed E-state index contributed by atoms with van der Waals surface area (Å²) in [5.41, 5.74) is 1.82. The number of aromatic nitrogens is 4. The first-order chi connectivity index (χ1) is 8.10. The van der Waals surface area contributed by atoms with Gasteiger partial charge in [-0.25, -0.2) is 9.97 Å². The van der Waals surface area contributed by atoms with Crippen LogP contribution in [0, 0.1) is 0 Å². The molecule has 90 valence electrons. The van der Waals surface area contributed by atoms with Crippen molar-refractivity contribution < 1.29 is 0 Å². The molecule has 5 nitrogen and oxygen atoms in total. The van der Waals surface area contributed by atoms with E-state index in [1.807, 2.05) is 32.4 Å². The van der Waals surface area contributed by atoms with Crippen LogP contribution in [-0.2, 0) is 7.05 Å². The Kier molecular flexibility index (Phi) is 3.08. The highest BCUT2D eigenvalue weighted by Gasteiger charge is 2.10. The second-order valence-electron chi connectivity index (χ2n) is 4.28. The quantitative estimate of drug-likeness (QED) is 0.878. The molecule has 2 heterocycles. The van der Waals surface area contributed by atoms with E-state index >= 15 is 0 Å². The Labute approximate surface area is 101 Å². The number of anilines is 1. The van der Waals surface area contributed by atoms with Crippen LogP contribution in [-0.4, -0.2) is 26.8 Å². The summed E-state index contributed by atoms with van der Waals surface area (Å²) in [6.07, 6.45) is 1.89. The van der Waals surface area contributed by atoms with Crippen molar-refractivity contribution in [2.75, 3.05) is 12.4 Å². The van der Waals surface area contributed by atoms with Gasteiger partial charge in [0.1, 0.15) is 11.5 Å². The predicted molar refractivity (Wildman–Crippen MR) is 67.9 cm³/mol. The van der Waals surface area contributed by atoms with Crippen molar-refractivity contribution in [3.05, 3.63) is 24.0 Å². The molecule has 0 aromatic carbocycles. The highest BCUT2D eigenvalue weighted by molar-refractivity contribution is 5.52. The molecule has 0 aliphatic carbocycles. The van der Waals surface area contributed by atoms with Crippen molar-refractivity contribution in [3.63, 3.8) is 0 Å². The molecule has 0 saturated heterocycles. The van der Waals surface area contributed by atoms with Gasteiger partial charge in [0.15, 0.2) is 5.82 Å². The fourth-order valence-electron chi connectivity index (χ4n) is 1.54. The molecule has 0 amide bonds. The molecule has 0 fully saturated rings. The SMILES string of the molecule is CNc1cc(C(C)C)nc(-c2ccn(C)n2)n1. The summed E-state index contributed by atoms with van der Waals surface area (Å²) < 4.78 is 1.75. The molecule has 0 saturated carbocycles. The zero-order valence-corrected chi connectivity index (χ0v) is 10.6. The molecule has 17 heavy (non-hydrogen) atoms. The van der Waals surface area contributed by atoms with Gasteiger partial charge in [0.2, 0.25) is 0 Å². The van der Waals surface area contributed by atoms with E-state index in [1.165, 1.54) is 0 Å². The first-order valence-corrected chi connectivity index (χ1v) is 5.67. The standard InChI is InChI=1S/C12H17N5/c1-8(2)10-7-11(13-3)15-12(14-10)9-5-6-17(4)16-9/h5-8H,1-4H3,(H,13,14,15). The summed E-state index contributed by atoms with van der Waals surface area (Å²) in [6.45, 7) is 4.23. The summed E-state index contributed by atoms with van der Waals surface area (Å²) in [7, 11) is 3.74. The maximum atomic E-state index is 4.54. The van der Waals surface area contributed by atoms with E-state index in [4.69, 9.17) is 0 Å². The molecule has 0 aliphatic heterocycles. The first-order valence-electron chi connectivity index (χ1n) is 5.67. The van der Waals surface area contributed by atoms with E-state index in [-0.39, 0.29) is 0 Å². The molecule has 0 spiro atoms. The Hall–Kier alpha value is -1.91. The van der Waals surface area contributed by atoms with Crippen LogP contribution >= 0.6 is 0 Å². The molecule has 1 N–H and O–H groups in total. The second kappa shape index (κ2) is 4.53. The fourth-order valence-corrected chi connectivity index (χ4v) is 1.54. The van der Waals surface area contributed by atoms with Crippen molar-refractivity contribution in [3.8, 4) is 11.5 Å². The van der Waals surface area contributed by atoms with Crippen LogP contribution in [0.1, 0.15) is 25.5 Å². The lowest BCUT2D eigenvalue weighted by Gasteiger charge is -2.08. The van der Waals surface area contributed by atoms with Gasteiger partial charge in [0.25, 0.3) is 0 Å². The van der Waals surface area contributed by atoms with E-state index in [0.717, 1.165) is 17.2 Å². The minimum Gasteiger partial charge on any atom is -0.373 e. The molecule has 0 radical (unpaired) electrons. The maximum Gasteiger partial charge on any atom is 0.182 e. The van der Waals surface area contributed by atoms with E-state index in [9.17, 15) is 0 Å². The third kappa shape index (κ3) is 2.43. The van der Waals surface area contributed by atoms with Gasteiger partial charge in [0.05, 0.1) is 0 Å². The zero-order valence-electron chi connectivity index (χ0n) is 10.6. The number of hydrogen-bond acceptors (Lipinski definition) is 4. The summed E-state index contributed by atoms with van der Waals surface area (Å²) in [6, 6.07) is 3.88. The third-order valence-electron chi connectivity index (χ3n) is 2.54. The molecule has 0 bridgehead atoms. The fraction of sp³-hybridized carbons (Fsp3) is 0.417. The summed E-state index contributed by atoms with van der Waals surface area (Å²) in [5, 5.41) is 7.37. The number of hydrogen-bond donors (Lipinski definition) is 1. The molecule has 5 heteroatoms. The van der Waals surface area contributed by atoms with E-state index in [2.05, 4.69) is 34.2 Å². The average Bonchev–Trinajstić information content (AvgIpc) is 2.75. The highest BCUT2D eigenvalue weighted by atomic mass is 15.3. The predicted octanol–water partition coefficient (Wildman–Crippen LogP) is 2.04. The molecule has 2 aromatic rings. The van der Waals surface area contributed by atoms with Crippen LogP contribution in [0.25, 0.3) is 11.5 Å². The third-order valence-corrected chi connectivity index (χ3v) is 2.54. The number of nitrogens with zero attached hydrogens (tertiary/aromatic N) is 4. The average molecular weight is 231 g/mol. The minimum absolute atomic E-state index is 0.368. The van der Waals surface area contributed by atoms with Crippen LogP contribution in [0.4, 0.5) is 5.82 Å². The van der Waals surface area contributed by atoms with Gasteiger partial charge in [-0.2, -0.15) is 5.10 Å². The Morgan fingerprint density at radius 2 is 2.06 bits per heavy atom. The van der Waals surface area contributed by atoms with Crippen molar-refractivity contribution in [2.24, 2.45) is 7.05 Å². The van der Waals surface area contributed by atoms with E-state index in [1.54, 1.807) is 4.68 Å². The molecule has 0 aliphatic rings. The minimum atomic E-state index is 0.368. The van der Waals surface area contributed by atoms with Crippen molar-refractivity contribution in [2.45, 2.75) is 19.8 Å². The van der Waals surface area contributed by atoms with Crippen LogP contribution in [0.15, 0.2) is 18.3 Å². The van der Waals surface area contributed by atoms with Gasteiger partial charge < -0.3 is 5.32 Å². The largest absolute Gasteiger partial charge is 0.373 e. The van der Waals surface area contributed by atoms with Crippen LogP contribution in [0.3, 0.4) is 0 Å². The van der Waals surface area contributed by atoms with E-state index < -0.39 is 0 Å². The molecular formula is C12H17N5. The number of rotatable bonds is 3. The maximum absolute atomic E-state index is 4.54. The molecule has 2 rings (SSSR count). The smallest absolute Gasteiger partial charge is 0.182 e. The van der Waals surface area contributed by atoms with Crippen LogP contribution in [0.5, 0.6) is 0 Å². The summed E-state index contributed by atoms with van der Waals surface area (Å²) in [5.74, 6) is 1.86. The summed E-state index contributed by atoms with van der Waals surface area (Å²) in [4.78, 5) is 8.96. The van der Waals surface area contributed by atoms with Gasteiger partial charge >= 0.3 is 0 Å². The Morgan fingerprint density at radius 3 is 2.59 bits per heavy atom. The second-order valence-corrected chi connectivity index (χ2v) is 4.28. The summed E-state index contributed by atoms with van der Waals surface area (Å²) >= 11 is 0. The lowest BCUT2D eigenvalue weighted by atomic mass is 10.1. The Bertz CT molecular complexity index is 515. The molecule has 2 aromatic heterocycles. The van der Waals surface area contributed by atoms with Crippen molar-refractivity contribution in [1.29, 1.82) is 0 Å². The van der Waals surface area contributed by atoms with Crippen LogP contribution < -0.4 is 5.32 Å². The molecular weight excluding hydrogens is 214 g/mol. The normalized spacial score (nSPS) is 10.9. The van der Waals surface area contributed by atoms with Crippen molar-refractivity contribution in [1.82, 2.24) is 19.7 Å². The molecule has 0 atom stereocenters. The lowest BCUT2D eigenvalue weighted by molar-refractivity contribution is 0.766. The van der Waals surface area contributed by atoms with Gasteiger partial charge in [-0.3, -0.25) is 4.68 Å². The Balaban J connectivity index is 2.49. The highest BCUT2D eigenvalue weighted by Crippen LogP contribution is 2.20.